The van der Waals surface area contributed by atoms with Crippen molar-refractivity contribution in [2.75, 3.05) is 19.8 Å². The Bertz CT molecular complexity index is 573. The second kappa shape index (κ2) is 7.46. The third-order valence-corrected chi connectivity index (χ3v) is 3.58. The zero-order valence-electron chi connectivity index (χ0n) is 11.7. The van der Waals surface area contributed by atoms with E-state index in [1.807, 2.05) is 0 Å². The Morgan fingerprint density at radius 2 is 2.10 bits per heavy atom. The van der Waals surface area contributed by atoms with Crippen LogP contribution in [0.3, 0.4) is 0 Å². The topological polar surface area (TPSA) is 60.8 Å². The van der Waals surface area contributed by atoms with E-state index in [2.05, 4.69) is 11.8 Å². The van der Waals surface area contributed by atoms with Crippen LogP contribution in [0.5, 0.6) is 0 Å². The van der Waals surface area contributed by atoms with Crippen LogP contribution in [-0.4, -0.2) is 46.8 Å². The van der Waals surface area contributed by atoms with Crippen molar-refractivity contribution in [3.63, 3.8) is 0 Å². The van der Waals surface area contributed by atoms with Crippen LogP contribution in [-0.2, 0) is 0 Å². The molecule has 0 saturated heterocycles. The van der Waals surface area contributed by atoms with Gasteiger partial charge in [0.25, 0.3) is 5.91 Å². The van der Waals surface area contributed by atoms with Crippen LogP contribution in [0.4, 0.5) is 0 Å². The first-order valence-electron chi connectivity index (χ1n) is 6.98. The van der Waals surface area contributed by atoms with E-state index >= 15 is 0 Å². The van der Waals surface area contributed by atoms with Gasteiger partial charge in [0, 0.05) is 30.1 Å². The summed E-state index contributed by atoms with van der Waals surface area (Å²) in [5, 5.41) is 18.2. The molecule has 1 amide bonds. The monoisotopic (exact) mass is 307 g/mol. The van der Waals surface area contributed by atoms with Gasteiger partial charge in [0.05, 0.1) is 18.2 Å². The molecule has 4 nitrogen and oxygen atoms in total. The molecule has 21 heavy (non-hydrogen) atoms. The summed E-state index contributed by atoms with van der Waals surface area (Å²) in [5.41, 5.74) is 1.15. The molecule has 0 spiro atoms. The predicted octanol–water partition coefficient (Wildman–Crippen LogP) is 1.67. The number of amides is 1. The second-order valence-electron chi connectivity index (χ2n) is 4.92. The largest absolute Gasteiger partial charge is 0.395 e. The highest BCUT2D eigenvalue weighted by atomic mass is 35.5. The quantitative estimate of drug-likeness (QED) is 0.814. The highest BCUT2D eigenvalue weighted by molar-refractivity contribution is 6.32. The summed E-state index contributed by atoms with van der Waals surface area (Å²) in [6.45, 7) is 0.318. The number of hydrogen-bond donors (Lipinski definition) is 2. The van der Waals surface area contributed by atoms with Gasteiger partial charge in [0.15, 0.2) is 0 Å². The van der Waals surface area contributed by atoms with Gasteiger partial charge in [-0.3, -0.25) is 4.79 Å². The van der Waals surface area contributed by atoms with Crippen LogP contribution >= 0.6 is 11.6 Å². The zero-order chi connectivity index (χ0) is 15.2. The summed E-state index contributed by atoms with van der Waals surface area (Å²) in [6.07, 6.45) is 2.37. The lowest BCUT2D eigenvalue weighted by molar-refractivity contribution is 0.0707. The Balaban J connectivity index is 2.15. The molecule has 1 fully saturated rings. The van der Waals surface area contributed by atoms with Gasteiger partial charge in [-0.15, -0.1) is 0 Å². The Morgan fingerprint density at radius 3 is 2.67 bits per heavy atom. The first-order valence-corrected chi connectivity index (χ1v) is 7.36. The number of carbonyl (C=O) groups is 1. The van der Waals surface area contributed by atoms with E-state index in [0.717, 1.165) is 12.8 Å². The SMILES string of the molecule is O=C(c1ccc(C#CCCO)c(Cl)c1)N(CCO)C1CC1. The third kappa shape index (κ3) is 4.21. The van der Waals surface area contributed by atoms with Gasteiger partial charge in [-0.1, -0.05) is 23.4 Å². The standard InChI is InChI=1S/C16H18ClNO3/c17-15-11-13(5-4-12(15)3-1-2-9-19)16(21)18(8-10-20)14-6-7-14/h4-5,11,14,19-20H,2,6-10H2. The molecule has 0 atom stereocenters. The maximum absolute atomic E-state index is 12.4. The molecule has 1 aromatic carbocycles. The van der Waals surface area contributed by atoms with Crippen molar-refractivity contribution in [2.24, 2.45) is 0 Å². The van der Waals surface area contributed by atoms with Crippen molar-refractivity contribution in [3.8, 4) is 11.8 Å². The van der Waals surface area contributed by atoms with Crippen LogP contribution in [0.25, 0.3) is 0 Å². The van der Waals surface area contributed by atoms with Crippen molar-refractivity contribution in [1.82, 2.24) is 4.90 Å². The number of rotatable bonds is 5. The summed E-state index contributed by atoms with van der Waals surface area (Å²) in [7, 11) is 0. The lowest BCUT2D eigenvalue weighted by Crippen LogP contribution is -2.35. The predicted molar refractivity (Wildman–Crippen MR) is 81.2 cm³/mol. The number of carbonyl (C=O) groups excluding carboxylic acids is 1. The zero-order valence-corrected chi connectivity index (χ0v) is 12.4. The first kappa shape index (κ1) is 15.8. The third-order valence-electron chi connectivity index (χ3n) is 3.27. The second-order valence-corrected chi connectivity index (χ2v) is 5.33. The Hall–Kier alpha value is -1.54. The summed E-state index contributed by atoms with van der Waals surface area (Å²) in [5.74, 6) is 5.55. The van der Waals surface area contributed by atoms with Gasteiger partial charge in [-0.25, -0.2) is 0 Å². The highest BCUT2D eigenvalue weighted by Crippen LogP contribution is 2.28. The molecule has 0 aliphatic heterocycles. The minimum atomic E-state index is -0.108. The van der Waals surface area contributed by atoms with Crippen molar-refractivity contribution < 1.29 is 15.0 Å². The lowest BCUT2D eigenvalue weighted by Gasteiger charge is -2.21. The Morgan fingerprint density at radius 1 is 1.33 bits per heavy atom. The molecule has 0 radical (unpaired) electrons. The molecule has 1 aliphatic carbocycles. The number of hydrogen-bond acceptors (Lipinski definition) is 3. The van der Waals surface area contributed by atoms with Crippen LogP contribution < -0.4 is 0 Å². The maximum Gasteiger partial charge on any atom is 0.254 e. The minimum Gasteiger partial charge on any atom is -0.395 e. The molecule has 1 aromatic rings. The van der Waals surface area contributed by atoms with Crippen molar-refractivity contribution in [1.29, 1.82) is 0 Å². The number of nitrogens with zero attached hydrogens (tertiary/aromatic N) is 1. The molecule has 0 bridgehead atoms. The maximum atomic E-state index is 12.4. The molecule has 1 aliphatic rings. The summed E-state index contributed by atoms with van der Waals surface area (Å²) in [4.78, 5) is 14.1. The Kier molecular flexibility index (Phi) is 5.63. The van der Waals surface area contributed by atoms with Gasteiger partial charge in [-0.2, -0.15) is 0 Å². The van der Waals surface area contributed by atoms with Crippen LogP contribution in [0.15, 0.2) is 18.2 Å². The van der Waals surface area contributed by atoms with Gasteiger partial charge in [0.1, 0.15) is 0 Å². The highest BCUT2D eigenvalue weighted by Gasteiger charge is 2.32. The lowest BCUT2D eigenvalue weighted by atomic mass is 10.1. The molecule has 0 unspecified atom stereocenters. The molecule has 5 heteroatoms. The van der Waals surface area contributed by atoms with Crippen LogP contribution in [0.2, 0.25) is 5.02 Å². The summed E-state index contributed by atoms with van der Waals surface area (Å²) in [6, 6.07) is 5.26. The Labute approximate surface area is 129 Å². The van der Waals surface area contributed by atoms with E-state index in [-0.39, 0.29) is 25.2 Å². The van der Waals surface area contributed by atoms with E-state index < -0.39 is 0 Å². The minimum absolute atomic E-state index is 0.0126. The fraction of sp³-hybridized carbons (Fsp3) is 0.438. The van der Waals surface area contributed by atoms with Crippen molar-refractivity contribution >= 4 is 17.5 Å². The van der Waals surface area contributed by atoms with Crippen molar-refractivity contribution in [2.45, 2.75) is 25.3 Å². The number of halogens is 1. The van der Waals surface area contributed by atoms with Crippen LogP contribution in [0.1, 0.15) is 35.2 Å². The van der Waals surface area contributed by atoms with Crippen LogP contribution in [0, 0.1) is 11.8 Å². The molecular weight excluding hydrogens is 290 g/mol. The average Bonchev–Trinajstić information content (AvgIpc) is 3.30. The van der Waals surface area contributed by atoms with E-state index in [0.29, 0.717) is 29.1 Å². The number of aliphatic hydroxyl groups is 2. The molecule has 0 aromatic heterocycles. The first-order chi connectivity index (χ1) is 10.2. The fourth-order valence-corrected chi connectivity index (χ4v) is 2.30. The summed E-state index contributed by atoms with van der Waals surface area (Å²) < 4.78 is 0. The van der Waals surface area contributed by atoms with E-state index in [9.17, 15) is 4.79 Å². The van der Waals surface area contributed by atoms with Gasteiger partial charge in [-0.05, 0) is 31.0 Å². The molecule has 112 valence electrons. The van der Waals surface area contributed by atoms with Gasteiger partial charge < -0.3 is 15.1 Å². The van der Waals surface area contributed by atoms with E-state index in [4.69, 9.17) is 21.8 Å². The molecule has 2 N–H and O–H groups in total. The molecule has 0 heterocycles. The molecule has 1 saturated carbocycles. The molecule has 2 rings (SSSR count). The van der Waals surface area contributed by atoms with E-state index in [1.165, 1.54) is 0 Å². The van der Waals surface area contributed by atoms with Gasteiger partial charge in [0.2, 0.25) is 0 Å². The van der Waals surface area contributed by atoms with E-state index in [1.54, 1.807) is 23.1 Å². The fourth-order valence-electron chi connectivity index (χ4n) is 2.07. The normalized spacial score (nSPS) is 13.5. The summed E-state index contributed by atoms with van der Waals surface area (Å²) >= 11 is 6.14. The van der Waals surface area contributed by atoms with Crippen molar-refractivity contribution in [3.05, 3.63) is 34.3 Å². The van der Waals surface area contributed by atoms with Gasteiger partial charge >= 0.3 is 0 Å². The average molecular weight is 308 g/mol. The smallest absolute Gasteiger partial charge is 0.254 e. The number of aliphatic hydroxyl groups excluding tert-OH is 2. The molecular formula is C16H18ClNO3. The number of benzene rings is 1.